The Labute approximate surface area is 97.2 Å². The molecule has 0 spiro atoms. The number of hydrogen-bond donors (Lipinski definition) is 1. The average molecular weight is 220 g/mol. The number of hydrogen-bond acceptors (Lipinski definition) is 3. The van der Waals surface area contributed by atoms with Crippen molar-refractivity contribution in [3.63, 3.8) is 0 Å². The molecule has 1 heterocycles. The molecule has 16 heavy (non-hydrogen) atoms. The van der Waals surface area contributed by atoms with E-state index in [2.05, 4.69) is 29.2 Å². The van der Waals surface area contributed by atoms with Crippen molar-refractivity contribution in [2.45, 2.75) is 25.5 Å². The molecule has 1 aromatic rings. The molecule has 3 nitrogen and oxygen atoms in total. The molecule has 2 rings (SSSR count). The maximum absolute atomic E-state index is 5.58. The van der Waals surface area contributed by atoms with Crippen LogP contribution in [0.15, 0.2) is 24.3 Å². The van der Waals surface area contributed by atoms with Gasteiger partial charge in [0.1, 0.15) is 0 Å². The van der Waals surface area contributed by atoms with E-state index in [1.54, 1.807) is 7.11 Å². The summed E-state index contributed by atoms with van der Waals surface area (Å²) in [5, 5.41) is 0. The molecule has 0 radical (unpaired) electrons. The van der Waals surface area contributed by atoms with Crippen molar-refractivity contribution in [2.75, 3.05) is 25.1 Å². The predicted molar refractivity (Wildman–Crippen MR) is 66.6 cm³/mol. The molecule has 1 aliphatic heterocycles. The standard InChI is InChI=1S/C13H20N2O/c1-16-13-6-8-15(9-7-13)12-4-2-11(10-14)3-5-12/h2-5,13H,6-10,14H2,1H3. The number of benzene rings is 1. The number of nitrogens with zero attached hydrogens (tertiary/aromatic N) is 1. The van der Waals surface area contributed by atoms with Crippen LogP contribution in [-0.2, 0) is 11.3 Å². The van der Waals surface area contributed by atoms with Crippen LogP contribution in [0.4, 0.5) is 5.69 Å². The van der Waals surface area contributed by atoms with E-state index >= 15 is 0 Å². The quantitative estimate of drug-likeness (QED) is 0.843. The number of piperidine rings is 1. The lowest BCUT2D eigenvalue weighted by molar-refractivity contribution is 0.0819. The van der Waals surface area contributed by atoms with Gasteiger partial charge in [0, 0.05) is 32.4 Å². The number of rotatable bonds is 3. The number of ether oxygens (including phenoxy) is 1. The highest BCUT2D eigenvalue weighted by Gasteiger charge is 2.18. The van der Waals surface area contributed by atoms with Gasteiger partial charge in [-0.1, -0.05) is 12.1 Å². The van der Waals surface area contributed by atoms with Gasteiger partial charge in [-0.15, -0.1) is 0 Å². The number of nitrogens with two attached hydrogens (primary N) is 1. The molecule has 1 aliphatic rings. The predicted octanol–water partition coefficient (Wildman–Crippen LogP) is 1.76. The highest BCUT2D eigenvalue weighted by Crippen LogP contribution is 2.21. The second-order valence-electron chi connectivity index (χ2n) is 4.29. The fraction of sp³-hybridized carbons (Fsp3) is 0.538. The van der Waals surface area contributed by atoms with E-state index in [-0.39, 0.29) is 0 Å². The summed E-state index contributed by atoms with van der Waals surface area (Å²) in [7, 11) is 1.80. The van der Waals surface area contributed by atoms with E-state index in [0.29, 0.717) is 12.6 Å². The Morgan fingerprint density at radius 3 is 2.38 bits per heavy atom. The van der Waals surface area contributed by atoms with Crippen molar-refractivity contribution >= 4 is 5.69 Å². The molecule has 0 aromatic heterocycles. The van der Waals surface area contributed by atoms with Crippen LogP contribution in [0.1, 0.15) is 18.4 Å². The maximum Gasteiger partial charge on any atom is 0.0605 e. The largest absolute Gasteiger partial charge is 0.381 e. The topological polar surface area (TPSA) is 38.5 Å². The summed E-state index contributed by atoms with van der Waals surface area (Å²) >= 11 is 0. The fourth-order valence-electron chi connectivity index (χ4n) is 2.19. The van der Waals surface area contributed by atoms with Gasteiger partial charge >= 0.3 is 0 Å². The summed E-state index contributed by atoms with van der Waals surface area (Å²) in [4.78, 5) is 2.41. The van der Waals surface area contributed by atoms with Gasteiger partial charge in [0.05, 0.1) is 6.10 Å². The molecule has 0 amide bonds. The van der Waals surface area contributed by atoms with E-state index in [1.165, 1.54) is 11.3 Å². The first kappa shape index (κ1) is 11.4. The number of anilines is 1. The van der Waals surface area contributed by atoms with Crippen LogP contribution in [0.25, 0.3) is 0 Å². The fourth-order valence-corrected chi connectivity index (χ4v) is 2.19. The van der Waals surface area contributed by atoms with E-state index < -0.39 is 0 Å². The van der Waals surface area contributed by atoms with Gasteiger partial charge in [-0.2, -0.15) is 0 Å². The Bertz CT molecular complexity index is 315. The highest BCUT2D eigenvalue weighted by atomic mass is 16.5. The second-order valence-corrected chi connectivity index (χ2v) is 4.29. The van der Waals surface area contributed by atoms with Crippen LogP contribution in [0, 0.1) is 0 Å². The van der Waals surface area contributed by atoms with Crippen LogP contribution in [0.2, 0.25) is 0 Å². The summed E-state index contributed by atoms with van der Waals surface area (Å²) in [5.74, 6) is 0. The number of methoxy groups -OCH3 is 1. The minimum Gasteiger partial charge on any atom is -0.381 e. The lowest BCUT2D eigenvalue weighted by Gasteiger charge is -2.33. The molecule has 0 saturated carbocycles. The summed E-state index contributed by atoms with van der Waals surface area (Å²) in [5.41, 5.74) is 8.07. The van der Waals surface area contributed by atoms with Crippen molar-refractivity contribution in [1.29, 1.82) is 0 Å². The minimum absolute atomic E-state index is 0.444. The third-order valence-corrected chi connectivity index (χ3v) is 3.31. The Kier molecular flexibility index (Phi) is 3.80. The highest BCUT2D eigenvalue weighted by molar-refractivity contribution is 5.47. The maximum atomic E-state index is 5.58. The normalized spacial score (nSPS) is 17.8. The monoisotopic (exact) mass is 220 g/mol. The van der Waals surface area contributed by atoms with E-state index in [4.69, 9.17) is 10.5 Å². The zero-order chi connectivity index (χ0) is 11.4. The smallest absolute Gasteiger partial charge is 0.0605 e. The molecule has 2 N–H and O–H groups in total. The Morgan fingerprint density at radius 1 is 1.25 bits per heavy atom. The Hall–Kier alpha value is -1.06. The molecule has 1 saturated heterocycles. The average Bonchev–Trinajstić information content (AvgIpc) is 2.39. The van der Waals surface area contributed by atoms with Gasteiger partial charge in [-0.05, 0) is 30.5 Å². The van der Waals surface area contributed by atoms with E-state index in [0.717, 1.165) is 25.9 Å². The molecule has 1 aromatic carbocycles. The van der Waals surface area contributed by atoms with Crippen LogP contribution in [-0.4, -0.2) is 26.3 Å². The van der Waals surface area contributed by atoms with Gasteiger partial charge in [0.25, 0.3) is 0 Å². The minimum atomic E-state index is 0.444. The third-order valence-electron chi connectivity index (χ3n) is 3.31. The third kappa shape index (κ3) is 2.54. The van der Waals surface area contributed by atoms with Gasteiger partial charge in [0.2, 0.25) is 0 Å². The summed E-state index contributed by atoms with van der Waals surface area (Å²) in [6, 6.07) is 8.54. The Morgan fingerprint density at radius 2 is 1.88 bits per heavy atom. The van der Waals surface area contributed by atoms with Crippen molar-refractivity contribution < 1.29 is 4.74 Å². The zero-order valence-electron chi connectivity index (χ0n) is 9.86. The molecular formula is C13H20N2O. The van der Waals surface area contributed by atoms with Crippen molar-refractivity contribution in [2.24, 2.45) is 5.73 Å². The lowest BCUT2D eigenvalue weighted by atomic mass is 10.1. The van der Waals surface area contributed by atoms with Gasteiger partial charge in [-0.25, -0.2) is 0 Å². The van der Waals surface area contributed by atoms with Crippen LogP contribution in [0.5, 0.6) is 0 Å². The summed E-state index contributed by atoms with van der Waals surface area (Å²) < 4.78 is 5.37. The van der Waals surface area contributed by atoms with Crippen LogP contribution in [0.3, 0.4) is 0 Å². The summed E-state index contributed by atoms with van der Waals surface area (Å²) in [6.45, 7) is 2.78. The first-order valence-corrected chi connectivity index (χ1v) is 5.90. The Balaban J connectivity index is 1.97. The first-order valence-electron chi connectivity index (χ1n) is 5.90. The van der Waals surface area contributed by atoms with Crippen LogP contribution >= 0.6 is 0 Å². The molecule has 0 unspecified atom stereocenters. The first-order chi connectivity index (χ1) is 7.83. The summed E-state index contributed by atoms with van der Waals surface area (Å²) in [6.07, 6.45) is 2.68. The van der Waals surface area contributed by atoms with Crippen molar-refractivity contribution in [3.8, 4) is 0 Å². The van der Waals surface area contributed by atoms with Crippen molar-refractivity contribution in [3.05, 3.63) is 29.8 Å². The molecule has 3 heteroatoms. The van der Waals surface area contributed by atoms with E-state index in [1.807, 2.05) is 0 Å². The van der Waals surface area contributed by atoms with E-state index in [9.17, 15) is 0 Å². The van der Waals surface area contributed by atoms with Gasteiger partial charge in [0.15, 0.2) is 0 Å². The second kappa shape index (κ2) is 5.32. The van der Waals surface area contributed by atoms with Crippen molar-refractivity contribution in [1.82, 2.24) is 0 Å². The molecular weight excluding hydrogens is 200 g/mol. The molecule has 0 atom stereocenters. The molecule has 0 bridgehead atoms. The SMILES string of the molecule is COC1CCN(c2ccc(CN)cc2)CC1. The van der Waals surface area contributed by atoms with Gasteiger partial charge < -0.3 is 15.4 Å². The van der Waals surface area contributed by atoms with Gasteiger partial charge in [-0.3, -0.25) is 0 Å². The molecule has 88 valence electrons. The zero-order valence-corrected chi connectivity index (χ0v) is 9.86. The molecule has 1 fully saturated rings. The lowest BCUT2D eigenvalue weighted by Crippen LogP contribution is -2.36. The molecule has 0 aliphatic carbocycles. The van der Waals surface area contributed by atoms with Crippen LogP contribution < -0.4 is 10.6 Å².